The average Bonchev–Trinajstić information content (AvgIpc) is 3.37. The van der Waals surface area contributed by atoms with E-state index in [1.807, 2.05) is 19.9 Å². The first-order valence-corrected chi connectivity index (χ1v) is 10.4. The smallest absolute Gasteiger partial charge is 0.142 e. The number of halogens is 1. The summed E-state index contributed by atoms with van der Waals surface area (Å²) in [4.78, 5) is 19.1. The Kier molecular flexibility index (Phi) is 4.64. The van der Waals surface area contributed by atoms with Crippen molar-refractivity contribution in [3.05, 3.63) is 59.9 Å². The zero-order chi connectivity index (χ0) is 22.5. The number of fused-ring (bicyclic) bond motifs is 1. The van der Waals surface area contributed by atoms with E-state index in [1.165, 1.54) is 6.07 Å². The normalized spacial score (nSPS) is 18.3. The number of rotatable bonds is 3. The van der Waals surface area contributed by atoms with Crippen molar-refractivity contribution in [3.8, 4) is 28.6 Å². The molecule has 1 atom stereocenters. The molecular formula is C24H22FN7. The number of nitrogens with zero attached hydrogens (tertiary/aromatic N) is 5. The zero-order valence-electron chi connectivity index (χ0n) is 17.9. The highest BCUT2D eigenvalue weighted by Gasteiger charge is 2.33. The largest absolute Gasteiger partial charge is 0.368 e. The fraction of sp³-hybridized carbons (Fsp3) is 0.250. The first-order valence-electron chi connectivity index (χ1n) is 10.4. The number of imidazole rings is 1. The Balaban J connectivity index is 1.75. The number of hydrogen-bond acceptors (Lipinski definition) is 6. The second kappa shape index (κ2) is 7.39. The Morgan fingerprint density at radius 1 is 1.19 bits per heavy atom. The minimum atomic E-state index is -0.544. The molecule has 3 aromatic heterocycles. The maximum absolute atomic E-state index is 14.0. The van der Waals surface area contributed by atoms with E-state index < -0.39 is 5.82 Å². The van der Waals surface area contributed by atoms with Gasteiger partial charge in [0.1, 0.15) is 17.7 Å². The van der Waals surface area contributed by atoms with Crippen LogP contribution in [-0.4, -0.2) is 38.6 Å². The van der Waals surface area contributed by atoms with E-state index in [9.17, 15) is 9.65 Å². The molecule has 4 heterocycles. The van der Waals surface area contributed by atoms with Crippen molar-refractivity contribution in [2.24, 2.45) is 5.73 Å². The average molecular weight is 427 g/mol. The molecule has 1 aromatic carbocycles. The van der Waals surface area contributed by atoms with Gasteiger partial charge in [-0.3, -0.25) is 9.97 Å². The van der Waals surface area contributed by atoms with Crippen LogP contribution in [-0.2, 0) is 0 Å². The summed E-state index contributed by atoms with van der Waals surface area (Å²) in [5.41, 5.74) is 12.0. The summed E-state index contributed by atoms with van der Waals surface area (Å²) in [6.45, 7) is 5.43. The van der Waals surface area contributed by atoms with E-state index in [-0.39, 0.29) is 11.1 Å². The van der Waals surface area contributed by atoms with Gasteiger partial charge < -0.3 is 15.6 Å². The molecule has 0 amide bonds. The first kappa shape index (κ1) is 20.1. The molecule has 1 fully saturated rings. The Hall–Kier alpha value is -3.83. The summed E-state index contributed by atoms with van der Waals surface area (Å²) >= 11 is 0. The fourth-order valence-electron chi connectivity index (χ4n) is 4.33. The van der Waals surface area contributed by atoms with Gasteiger partial charge in [0.25, 0.3) is 0 Å². The molecule has 160 valence electrons. The van der Waals surface area contributed by atoms with Crippen molar-refractivity contribution < 1.29 is 4.39 Å². The van der Waals surface area contributed by atoms with Crippen LogP contribution >= 0.6 is 0 Å². The van der Waals surface area contributed by atoms with Crippen LogP contribution in [0.5, 0.6) is 0 Å². The van der Waals surface area contributed by atoms with Gasteiger partial charge in [-0.2, -0.15) is 5.26 Å². The van der Waals surface area contributed by atoms with Crippen molar-refractivity contribution in [2.45, 2.75) is 25.8 Å². The Bertz CT molecular complexity index is 1380. The molecule has 4 aromatic rings. The fourth-order valence-corrected chi connectivity index (χ4v) is 4.33. The molecule has 0 aliphatic carbocycles. The van der Waals surface area contributed by atoms with Crippen molar-refractivity contribution in [3.63, 3.8) is 0 Å². The van der Waals surface area contributed by atoms with Gasteiger partial charge in [0.05, 0.1) is 34.0 Å². The van der Waals surface area contributed by atoms with Gasteiger partial charge in [0.2, 0.25) is 0 Å². The van der Waals surface area contributed by atoms with Crippen LogP contribution < -0.4 is 10.6 Å². The highest BCUT2D eigenvalue weighted by atomic mass is 19.1. The number of nitrogens with two attached hydrogens (primary N) is 1. The van der Waals surface area contributed by atoms with Gasteiger partial charge >= 0.3 is 0 Å². The van der Waals surface area contributed by atoms with Crippen LogP contribution in [0.3, 0.4) is 0 Å². The molecule has 0 bridgehead atoms. The van der Waals surface area contributed by atoms with Gasteiger partial charge in [0, 0.05) is 42.8 Å². The molecule has 1 aliphatic rings. The van der Waals surface area contributed by atoms with E-state index in [0.29, 0.717) is 17.9 Å². The number of aromatic amines is 1. The van der Waals surface area contributed by atoms with E-state index in [1.54, 1.807) is 36.9 Å². The molecule has 5 rings (SSSR count). The second-order valence-electron chi connectivity index (χ2n) is 8.65. The topological polar surface area (TPSA) is 108 Å². The monoisotopic (exact) mass is 427 g/mol. The van der Waals surface area contributed by atoms with Crippen LogP contribution in [0.4, 0.5) is 10.1 Å². The number of aryl methyl sites for hydroxylation is 1. The number of nitriles is 1. The minimum absolute atomic E-state index is 0.00521. The van der Waals surface area contributed by atoms with Crippen molar-refractivity contribution in [1.29, 1.82) is 5.26 Å². The highest BCUT2D eigenvalue weighted by molar-refractivity contribution is 5.91. The number of aromatic nitrogens is 4. The third kappa shape index (κ3) is 3.37. The van der Waals surface area contributed by atoms with E-state index in [4.69, 9.17) is 10.7 Å². The Morgan fingerprint density at radius 3 is 2.69 bits per heavy atom. The molecule has 0 spiro atoms. The van der Waals surface area contributed by atoms with Crippen LogP contribution in [0, 0.1) is 24.1 Å². The Morgan fingerprint density at radius 2 is 1.97 bits per heavy atom. The summed E-state index contributed by atoms with van der Waals surface area (Å²) < 4.78 is 14.0. The first-order chi connectivity index (χ1) is 15.4. The lowest BCUT2D eigenvalue weighted by Gasteiger charge is -2.26. The predicted octanol–water partition coefficient (Wildman–Crippen LogP) is 3.93. The standard InChI is InChI=1S/C24H22FN7/c1-14-9-28-12-20-21(14)31-23(30-20)18-11-29-10-17(15-3-4-19(25)16(7-15)8-26)22(18)32-6-5-24(2,27)13-32/h3-4,7,9-12H,5-6,13,27H2,1-2H3,(H,30,31). The van der Waals surface area contributed by atoms with Gasteiger partial charge in [-0.05, 0) is 43.5 Å². The molecule has 8 heteroatoms. The highest BCUT2D eigenvalue weighted by Crippen LogP contribution is 2.41. The number of H-pyrrole nitrogens is 1. The number of benzene rings is 1. The maximum atomic E-state index is 14.0. The molecule has 1 saturated heterocycles. The van der Waals surface area contributed by atoms with Crippen molar-refractivity contribution in [1.82, 2.24) is 19.9 Å². The van der Waals surface area contributed by atoms with E-state index in [2.05, 4.69) is 19.9 Å². The third-order valence-corrected chi connectivity index (χ3v) is 5.97. The number of pyridine rings is 2. The molecule has 7 nitrogen and oxygen atoms in total. The van der Waals surface area contributed by atoms with Gasteiger partial charge in [-0.25, -0.2) is 9.37 Å². The van der Waals surface area contributed by atoms with Gasteiger partial charge in [-0.15, -0.1) is 0 Å². The zero-order valence-corrected chi connectivity index (χ0v) is 17.9. The Labute approximate surface area is 184 Å². The van der Waals surface area contributed by atoms with Crippen LogP contribution in [0.2, 0.25) is 0 Å². The van der Waals surface area contributed by atoms with Crippen molar-refractivity contribution >= 4 is 16.7 Å². The van der Waals surface area contributed by atoms with Gasteiger partial charge in [-0.1, -0.05) is 6.07 Å². The lowest BCUT2D eigenvalue weighted by molar-refractivity contribution is 0.525. The van der Waals surface area contributed by atoms with Crippen LogP contribution in [0.1, 0.15) is 24.5 Å². The lowest BCUT2D eigenvalue weighted by Crippen LogP contribution is -2.39. The molecule has 1 aliphatic heterocycles. The summed E-state index contributed by atoms with van der Waals surface area (Å²) in [7, 11) is 0. The molecule has 0 saturated carbocycles. The maximum Gasteiger partial charge on any atom is 0.142 e. The lowest BCUT2D eigenvalue weighted by atomic mass is 9.99. The number of anilines is 1. The third-order valence-electron chi connectivity index (χ3n) is 5.97. The summed E-state index contributed by atoms with van der Waals surface area (Å²) in [5, 5.41) is 9.32. The summed E-state index contributed by atoms with van der Waals surface area (Å²) in [6.07, 6.45) is 7.89. The van der Waals surface area contributed by atoms with E-state index in [0.717, 1.165) is 46.4 Å². The summed E-state index contributed by atoms with van der Waals surface area (Å²) in [5.74, 6) is 0.131. The summed E-state index contributed by atoms with van der Waals surface area (Å²) in [6, 6.07) is 6.47. The predicted molar refractivity (Wildman–Crippen MR) is 121 cm³/mol. The van der Waals surface area contributed by atoms with E-state index >= 15 is 0 Å². The number of hydrogen-bond donors (Lipinski definition) is 2. The molecule has 32 heavy (non-hydrogen) atoms. The van der Waals surface area contributed by atoms with Crippen molar-refractivity contribution in [2.75, 3.05) is 18.0 Å². The number of nitrogens with one attached hydrogen (secondary N) is 1. The molecule has 0 radical (unpaired) electrons. The molecular weight excluding hydrogens is 405 g/mol. The molecule has 3 N–H and O–H groups in total. The quantitative estimate of drug-likeness (QED) is 0.513. The minimum Gasteiger partial charge on any atom is -0.368 e. The second-order valence-corrected chi connectivity index (χ2v) is 8.65. The van der Waals surface area contributed by atoms with Crippen LogP contribution in [0.25, 0.3) is 33.5 Å². The molecule has 1 unspecified atom stereocenters. The SMILES string of the molecule is Cc1cncc2[nH]c(-c3cncc(-c4ccc(F)c(C#N)c4)c3N3CCC(C)(N)C3)nc12. The van der Waals surface area contributed by atoms with Crippen LogP contribution in [0.15, 0.2) is 43.0 Å². The van der Waals surface area contributed by atoms with Gasteiger partial charge in [0.15, 0.2) is 0 Å².